The molecule has 0 unspecified atom stereocenters. The molecule has 2 aromatic carbocycles. The first-order valence-corrected chi connectivity index (χ1v) is 11.0. The summed E-state index contributed by atoms with van der Waals surface area (Å²) in [6.07, 6.45) is 5.50. The summed E-state index contributed by atoms with van der Waals surface area (Å²) in [7, 11) is 0. The average molecular weight is 445 g/mol. The maximum absolute atomic E-state index is 13.3. The van der Waals surface area contributed by atoms with Gasteiger partial charge in [-0.3, -0.25) is 14.9 Å². The lowest BCUT2D eigenvalue weighted by Gasteiger charge is -2.10. The van der Waals surface area contributed by atoms with E-state index in [4.69, 9.17) is 5.11 Å². The van der Waals surface area contributed by atoms with Crippen molar-refractivity contribution in [3.8, 4) is 0 Å². The molecule has 31 heavy (non-hydrogen) atoms. The van der Waals surface area contributed by atoms with Crippen molar-refractivity contribution >= 4 is 41.3 Å². The largest absolute Gasteiger partial charge is 0.481 e. The van der Waals surface area contributed by atoms with Crippen molar-refractivity contribution in [2.24, 2.45) is 0 Å². The Hall–Kier alpha value is -3.13. The third-order valence-corrected chi connectivity index (χ3v) is 5.15. The van der Waals surface area contributed by atoms with Gasteiger partial charge in [-0.15, -0.1) is 11.8 Å². The van der Waals surface area contributed by atoms with E-state index in [0.717, 1.165) is 10.5 Å². The van der Waals surface area contributed by atoms with Gasteiger partial charge >= 0.3 is 12.0 Å². The summed E-state index contributed by atoms with van der Waals surface area (Å²) < 4.78 is 13.3. The van der Waals surface area contributed by atoms with Crippen LogP contribution in [0, 0.1) is 5.82 Å². The van der Waals surface area contributed by atoms with Crippen LogP contribution >= 0.6 is 11.8 Å². The number of benzene rings is 2. The number of carboxylic acid groups (broad SMARTS) is 1. The summed E-state index contributed by atoms with van der Waals surface area (Å²) in [6, 6.07) is 12.4. The molecule has 0 bridgehead atoms. The molecule has 2 aromatic rings. The van der Waals surface area contributed by atoms with Crippen LogP contribution in [0.3, 0.4) is 0 Å². The lowest BCUT2D eigenvalue weighted by Crippen LogP contribution is -2.40. The lowest BCUT2D eigenvalue weighted by molar-refractivity contribution is -0.137. The number of carboxylic acids is 1. The van der Waals surface area contributed by atoms with Crippen LogP contribution in [0.2, 0.25) is 0 Å². The van der Waals surface area contributed by atoms with Crippen LogP contribution < -0.4 is 10.6 Å². The predicted molar refractivity (Wildman–Crippen MR) is 120 cm³/mol. The number of amides is 3. The van der Waals surface area contributed by atoms with Crippen LogP contribution in [0.4, 0.5) is 9.18 Å². The third kappa shape index (κ3) is 8.64. The number of hydrogen-bond donors (Lipinski definition) is 3. The van der Waals surface area contributed by atoms with E-state index in [9.17, 15) is 18.8 Å². The summed E-state index contributed by atoms with van der Waals surface area (Å²) in [4.78, 5) is 36.4. The number of aliphatic carboxylic acids is 1. The molecule has 0 saturated carbocycles. The van der Waals surface area contributed by atoms with Gasteiger partial charge < -0.3 is 10.4 Å². The van der Waals surface area contributed by atoms with Gasteiger partial charge in [0.1, 0.15) is 5.82 Å². The van der Waals surface area contributed by atoms with Crippen LogP contribution in [-0.4, -0.2) is 35.8 Å². The third-order valence-electron chi connectivity index (χ3n) is 4.41. The summed E-state index contributed by atoms with van der Waals surface area (Å²) in [5.74, 6) is -1.88. The van der Waals surface area contributed by atoms with E-state index in [1.807, 2.05) is 30.5 Å². The standard InChI is InChI=1S/C23H25FN2O4S/c1-31-19-12-6-16(7-13-19)15-20(17-8-10-18(24)11-9-17)22(29)26-23(30)25-14-4-2-3-5-21(27)28/h6-13,15H,2-5,14H2,1H3,(H,27,28)(H2,25,26,29,30). The SMILES string of the molecule is CSc1ccc(C=C(C(=O)NC(=O)NCCCCCC(=O)O)c2ccc(F)cc2)cc1. The lowest BCUT2D eigenvalue weighted by atomic mass is 10.0. The molecule has 0 aliphatic heterocycles. The molecule has 164 valence electrons. The first-order chi connectivity index (χ1) is 14.9. The maximum Gasteiger partial charge on any atom is 0.321 e. The van der Waals surface area contributed by atoms with Crippen molar-refractivity contribution in [2.45, 2.75) is 30.6 Å². The highest BCUT2D eigenvalue weighted by Gasteiger charge is 2.15. The monoisotopic (exact) mass is 444 g/mol. The molecule has 0 atom stereocenters. The minimum atomic E-state index is -0.848. The predicted octanol–water partition coefficient (Wildman–Crippen LogP) is 4.56. The normalized spacial score (nSPS) is 11.1. The number of unbranched alkanes of at least 4 members (excludes halogenated alkanes) is 2. The average Bonchev–Trinajstić information content (AvgIpc) is 2.75. The minimum absolute atomic E-state index is 0.0917. The zero-order valence-corrected chi connectivity index (χ0v) is 18.0. The molecule has 0 fully saturated rings. The van der Waals surface area contributed by atoms with Crippen molar-refractivity contribution in [1.82, 2.24) is 10.6 Å². The second-order valence-corrected chi connectivity index (χ2v) is 7.63. The molecule has 3 N–H and O–H groups in total. The van der Waals surface area contributed by atoms with Crippen LogP contribution in [0.5, 0.6) is 0 Å². The molecule has 0 heterocycles. The fourth-order valence-corrected chi connectivity index (χ4v) is 3.18. The van der Waals surface area contributed by atoms with Crippen molar-refractivity contribution in [3.05, 3.63) is 65.5 Å². The number of rotatable bonds is 10. The van der Waals surface area contributed by atoms with E-state index in [-0.39, 0.29) is 12.0 Å². The number of imide groups is 1. The number of thioether (sulfide) groups is 1. The molecule has 2 rings (SSSR count). The topological polar surface area (TPSA) is 95.5 Å². The van der Waals surface area contributed by atoms with Gasteiger partial charge in [0.15, 0.2) is 0 Å². The van der Waals surface area contributed by atoms with Crippen molar-refractivity contribution in [2.75, 3.05) is 12.8 Å². The molecule has 0 aliphatic rings. The highest BCUT2D eigenvalue weighted by Crippen LogP contribution is 2.21. The Kier molecular flexibility index (Phi) is 9.77. The van der Waals surface area contributed by atoms with Gasteiger partial charge in [-0.1, -0.05) is 30.7 Å². The fourth-order valence-electron chi connectivity index (χ4n) is 2.77. The number of nitrogens with one attached hydrogen (secondary N) is 2. The zero-order chi connectivity index (χ0) is 22.6. The molecule has 0 aliphatic carbocycles. The summed E-state index contributed by atoms with van der Waals surface area (Å²) in [5.41, 5.74) is 1.48. The number of carbonyl (C=O) groups is 3. The Bertz CT molecular complexity index is 928. The summed E-state index contributed by atoms with van der Waals surface area (Å²) >= 11 is 1.60. The Morgan fingerprint density at radius 2 is 1.68 bits per heavy atom. The molecule has 6 nitrogen and oxygen atoms in total. The van der Waals surface area contributed by atoms with Crippen LogP contribution in [-0.2, 0) is 9.59 Å². The molecule has 8 heteroatoms. The van der Waals surface area contributed by atoms with Gasteiger partial charge in [0, 0.05) is 23.4 Å². The maximum atomic E-state index is 13.3. The summed E-state index contributed by atoms with van der Waals surface area (Å²) in [5, 5.41) is 13.5. The van der Waals surface area contributed by atoms with Crippen LogP contribution in [0.25, 0.3) is 11.6 Å². The van der Waals surface area contributed by atoms with E-state index >= 15 is 0 Å². The molecule has 3 amide bonds. The Labute approximate surface area is 184 Å². The first-order valence-electron chi connectivity index (χ1n) is 9.81. The van der Waals surface area contributed by atoms with Crippen molar-refractivity contribution < 1.29 is 23.9 Å². The van der Waals surface area contributed by atoms with Gasteiger partial charge in [0.2, 0.25) is 0 Å². The Balaban J connectivity index is 2.04. The molecular weight excluding hydrogens is 419 g/mol. The van der Waals surface area contributed by atoms with Gasteiger partial charge in [-0.25, -0.2) is 9.18 Å². The van der Waals surface area contributed by atoms with Crippen LogP contribution in [0.15, 0.2) is 53.4 Å². The number of carbonyl (C=O) groups excluding carboxylic acids is 2. The number of hydrogen-bond acceptors (Lipinski definition) is 4. The second kappa shape index (κ2) is 12.5. The van der Waals surface area contributed by atoms with Gasteiger partial charge in [-0.2, -0.15) is 0 Å². The van der Waals surface area contributed by atoms with E-state index < -0.39 is 23.7 Å². The zero-order valence-electron chi connectivity index (χ0n) is 17.2. The molecule has 0 saturated heterocycles. The van der Waals surface area contributed by atoms with E-state index in [0.29, 0.717) is 31.4 Å². The van der Waals surface area contributed by atoms with E-state index in [1.165, 1.54) is 24.3 Å². The quantitative estimate of drug-likeness (QED) is 0.216. The van der Waals surface area contributed by atoms with Gasteiger partial charge in [0.05, 0.1) is 0 Å². The second-order valence-electron chi connectivity index (χ2n) is 6.75. The van der Waals surface area contributed by atoms with Crippen molar-refractivity contribution in [1.29, 1.82) is 0 Å². The van der Waals surface area contributed by atoms with E-state index in [1.54, 1.807) is 17.8 Å². The Morgan fingerprint density at radius 3 is 2.29 bits per heavy atom. The molecule has 0 radical (unpaired) electrons. The highest BCUT2D eigenvalue weighted by molar-refractivity contribution is 7.98. The minimum Gasteiger partial charge on any atom is -0.481 e. The number of urea groups is 1. The number of halogens is 1. The van der Waals surface area contributed by atoms with Gasteiger partial charge in [-0.05, 0) is 60.6 Å². The molecular formula is C23H25FN2O4S. The smallest absolute Gasteiger partial charge is 0.321 e. The van der Waals surface area contributed by atoms with Crippen LogP contribution in [0.1, 0.15) is 36.8 Å². The van der Waals surface area contributed by atoms with Crippen molar-refractivity contribution in [3.63, 3.8) is 0 Å². The summed E-state index contributed by atoms with van der Waals surface area (Å²) in [6.45, 7) is 0.324. The highest BCUT2D eigenvalue weighted by atomic mass is 32.2. The first kappa shape index (κ1) is 24.1. The Morgan fingerprint density at radius 1 is 1.00 bits per heavy atom. The molecule has 0 spiro atoms. The van der Waals surface area contributed by atoms with Gasteiger partial charge in [0.25, 0.3) is 5.91 Å². The molecule has 0 aromatic heterocycles. The van der Waals surface area contributed by atoms with E-state index in [2.05, 4.69) is 10.6 Å². The fraction of sp³-hybridized carbons (Fsp3) is 0.261.